The van der Waals surface area contributed by atoms with Crippen LogP contribution in [0, 0.1) is 0 Å². The molecule has 10 heteroatoms. The first kappa shape index (κ1) is 18.0. The Bertz CT molecular complexity index is 813. The fourth-order valence-corrected chi connectivity index (χ4v) is 7.21. The third-order valence-corrected chi connectivity index (χ3v) is 7.47. The van der Waals surface area contributed by atoms with Crippen molar-refractivity contribution in [3.63, 3.8) is 0 Å². The van der Waals surface area contributed by atoms with Gasteiger partial charge in [-0.2, -0.15) is 4.99 Å². The Balaban J connectivity index is 2.03. The van der Waals surface area contributed by atoms with E-state index in [0.717, 1.165) is 0 Å². The van der Waals surface area contributed by atoms with E-state index >= 15 is 0 Å². The number of amides is 1. The fourth-order valence-electron chi connectivity index (χ4n) is 2.79. The summed E-state index contributed by atoms with van der Waals surface area (Å²) in [5, 5.41) is 1.10. The third kappa shape index (κ3) is 3.57. The Morgan fingerprint density at radius 1 is 1.42 bits per heavy atom. The predicted molar refractivity (Wildman–Crippen MR) is 97.1 cm³/mol. The molecule has 2 unspecified atom stereocenters. The van der Waals surface area contributed by atoms with Gasteiger partial charge < -0.3 is 9.64 Å². The molecular formula is C14H14Cl2N2O4S2. The molecule has 2 aliphatic rings. The highest BCUT2D eigenvalue weighted by atomic mass is 35.5. The van der Waals surface area contributed by atoms with Crippen LogP contribution in [0.5, 0.6) is 0 Å². The molecular weight excluding hydrogens is 395 g/mol. The number of aliphatic imine (C=N–C) groups is 1. The molecule has 6 nitrogen and oxygen atoms in total. The zero-order valence-electron chi connectivity index (χ0n) is 12.6. The number of nitrogens with zero attached hydrogens (tertiary/aromatic N) is 2. The lowest BCUT2D eigenvalue weighted by Crippen LogP contribution is -2.38. The lowest BCUT2D eigenvalue weighted by atomic mass is 10.2. The van der Waals surface area contributed by atoms with Crippen LogP contribution in [-0.2, 0) is 19.4 Å². The van der Waals surface area contributed by atoms with Crippen LogP contribution < -0.4 is 4.90 Å². The van der Waals surface area contributed by atoms with Gasteiger partial charge in [0.2, 0.25) is 0 Å². The topological polar surface area (TPSA) is 76.0 Å². The summed E-state index contributed by atoms with van der Waals surface area (Å²) in [6.45, 7) is -0.139. The second-order valence-corrected chi connectivity index (χ2v) is 9.69. The summed E-state index contributed by atoms with van der Waals surface area (Å²) in [5.41, 5.74) is 0.585. The molecule has 0 aliphatic carbocycles. The monoisotopic (exact) mass is 408 g/mol. The maximum absolute atomic E-state index is 12.0. The second kappa shape index (κ2) is 6.84. The highest BCUT2D eigenvalue weighted by molar-refractivity contribution is 8.16. The summed E-state index contributed by atoms with van der Waals surface area (Å²) in [4.78, 5) is 17.6. The number of methoxy groups -OCH3 is 1. The Morgan fingerprint density at radius 3 is 2.83 bits per heavy atom. The molecule has 0 N–H and O–H groups in total. The third-order valence-electron chi connectivity index (χ3n) is 3.72. The zero-order valence-corrected chi connectivity index (χ0v) is 15.8. The van der Waals surface area contributed by atoms with E-state index in [4.69, 9.17) is 27.9 Å². The molecule has 3 rings (SSSR count). The minimum Gasteiger partial charge on any atom is -0.375 e. The summed E-state index contributed by atoms with van der Waals surface area (Å²) < 4.78 is 28.7. The van der Waals surface area contributed by atoms with E-state index in [1.807, 2.05) is 0 Å². The lowest BCUT2D eigenvalue weighted by Gasteiger charge is -2.25. The minimum atomic E-state index is -3.13. The molecule has 0 spiro atoms. The molecule has 1 aromatic carbocycles. The number of hydrogen-bond donors (Lipinski definition) is 0. The number of carbonyl (C=O) groups is 1. The molecule has 1 amide bonds. The van der Waals surface area contributed by atoms with E-state index in [0.29, 0.717) is 20.9 Å². The van der Waals surface area contributed by atoms with Gasteiger partial charge in [0.1, 0.15) is 6.61 Å². The molecule has 2 saturated heterocycles. The lowest BCUT2D eigenvalue weighted by molar-refractivity contribution is -0.121. The molecule has 24 heavy (non-hydrogen) atoms. The van der Waals surface area contributed by atoms with Crippen LogP contribution in [0.4, 0.5) is 5.69 Å². The van der Waals surface area contributed by atoms with E-state index in [2.05, 4.69) is 4.99 Å². The number of carbonyl (C=O) groups excluding carboxylic acids is 1. The van der Waals surface area contributed by atoms with Gasteiger partial charge in [-0.05, 0) is 18.2 Å². The van der Waals surface area contributed by atoms with E-state index in [-0.39, 0.29) is 29.4 Å². The van der Waals surface area contributed by atoms with Gasteiger partial charge in [0, 0.05) is 17.4 Å². The first-order chi connectivity index (χ1) is 11.3. The van der Waals surface area contributed by atoms with Crippen LogP contribution in [0.3, 0.4) is 0 Å². The normalized spacial score (nSPS) is 26.8. The Labute approximate surface area is 154 Å². The highest BCUT2D eigenvalue weighted by Gasteiger charge is 2.49. The van der Waals surface area contributed by atoms with Gasteiger partial charge >= 0.3 is 0 Å². The van der Waals surface area contributed by atoms with Crippen molar-refractivity contribution in [1.29, 1.82) is 0 Å². The number of sulfone groups is 1. The standard InChI is InChI=1S/C14H14Cl2N2O4S2/c1-22-5-13(19)17-14-18(10-3-2-8(15)4-9(10)16)11-6-24(20,21)7-12(11)23-14/h2-4,11-12H,5-7H2,1H3. The molecule has 2 aliphatic heterocycles. The van der Waals surface area contributed by atoms with Crippen molar-refractivity contribution < 1.29 is 17.9 Å². The van der Waals surface area contributed by atoms with Crippen molar-refractivity contribution >= 4 is 61.6 Å². The summed E-state index contributed by atoms with van der Waals surface area (Å²) in [5.74, 6) is -0.374. The molecule has 0 bridgehead atoms. The average molecular weight is 409 g/mol. The van der Waals surface area contributed by atoms with Crippen LogP contribution in [0.1, 0.15) is 0 Å². The molecule has 130 valence electrons. The van der Waals surface area contributed by atoms with Crippen molar-refractivity contribution in [2.45, 2.75) is 11.3 Å². The smallest absolute Gasteiger partial charge is 0.274 e. The number of fused-ring (bicyclic) bond motifs is 1. The zero-order chi connectivity index (χ0) is 17.5. The predicted octanol–water partition coefficient (Wildman–Crippen LogP) is 2.24. The van der Waals surface area contributed by atoms with Gasteiger partial charge in [-0.15, -0.1) is 0 Å². The quantitative estimate of drug-likeness (QED) is 0.762. The van der Waals surface area contributed by atoms with Crippen molar-refractivity contribution in [3.05, 3.63) is 28.2 Å². The SMILES string of the molecule is COCC(=O)N=C1SC2CS(=O)(=O)CC2N1c1ccc(Cl)cc1Cl. The van der Waals surface area contributed by atoms with Crippen LogP contribution in [0.25, 0.3) is 0 Å². The summed E-state index contributed by atoms with van der Waals surface area (Å²) >= 11 is 13.5. The molecule has 0 aromatic heterocycles. The van der Waals surface area contributed by atoms with Crippen molar-refractivity contribution in [1.82, 2.24) is 0 Å². The van der Waals surface area contributed by atoms with Crippen molar-refractivity contribution in [3.8, 4) is 0 Å². The number of amidine groups is 1. The van der Waals surface area contributed by atoms with Gasteiger partial charge in [-0.3, -0.25) is 4.79 Å². The van der Waals surface area contributed by atoms with E-state index in [1.54, 1.807) is 23.1 Å². The Kier molecular flexibility index (Phi) is 5.13. The minimum absolute atomic E-state index is 0.00110. The Morgan fingerprint density at radius 2 is 2.17 bits per heavy atom. The van der Waals surface area contributed by atoms with Gasteiger partial charge in [0.05, 0.1) is 28.3 Å². The molecule has 2 heterocycles. The summed E-state index contributed by atoms with van der Waals surface area (Å²) in [6.07, 6.45) is 0. The van der Waals surface area contributed by atoms with Crippen LogP contribution in [-0.4, -0.2) is 56.0 Å². The second-order valence-electron chi connectivity index (χ2n) is 5.49. The number of ether oxygens (including phenoxy) is 1. The number of benzene rings is 1. The maximum Gasteiger partial charge on any atom is 0.274 e. The fraction of sp³-hybridized carbons (Fsp3) is 0.429. The molecule has 1 aromatic rings. The first-order valence-corrected chi connectivity index (χ1v) is 10.5. The van der Waals surface area contributed by atoms with Gasteiger partial charge in [-0.25, -0.2) is 8.42 Å². The molecule has 2 atom stereocenters. The summed E-state index contributed by atoms with van der Waals surface area (Å²) in [7, 11) is -1.71. The van der Waals surface area contributed by atoms with Gasteiger partial charge in [0.25, 0.3) is 5.91 Å². The molecule has 2 fully saturated rings. The van der Waals surface area contributed by atoms with Gasteiger partial charge in [0.15, 0.2) is 15.0 Å². The number of halogens is 2. The van der Waals surface area contributed by atoms with Crippen LogP contribution in [0.2, 0.25) is 10.0 Å². The molecule has 0 saturated carbocycles. The van der Waals surface area contributed by atoms with Crippen molar-refractivity contribution in [2.75, 3.05) is 30.1 Å². The van der Waals surface area contributed by atoms with E-state index in [9.17, 15) is 13.2 Å². The molecule has 0 radical (unpaired) electrons. The number of hydrogen-bond acceptors (Lipinski definition) is 5. The number of anilines is 1. The van der Waals surface area contributed by atoms with E-state index < -0.39 is 15.7 Å². The van der Waals surface area contributed by atoms with Crippen LogP contribution >= 0.6 is 35.0 Å². The summed E-state index contributed by atoms with van der Waals surface area (Å²) in [6, 6.07) is 4.63. The maximum atomic E-state index is 12.0. The van der Waals surface area contributed by atoms with Gasteiger partial charge in [-0.1, -0.05) is 35.0 Å². The number of thioether (sulfide) groups is 1. The number of rotatable bonds is 3. The highest BCUT2D eigenvalue weighted by Crippen LogP contribution is 2.43. The van der Waals surface area contributed by atoms with E-state index in [1.165, 1.54) is 18.9 Å². The van der Waals surface area contributed by atoms with Crippen molar-refractivity contribution in [2.24, 2.45) is 4.99 Å². The Hall–Kier alpha value is -0.800. The average Bonchev–Trinajstić information content (AvgIpc) is 2.91. The first-order valence-electron chi connectivity index (χ1n) is 7.02. The largest absolute Gasteiger partial charge is 0.375 e. The van der Waals surface area contributed by atoms with Crippen LogP contribution in [0.15, 0.2) is 23.2 Å².